The van der Waals surface area contributed by atoms with E-state index in [9.17, 15) is 9.90 Å². The monoisotopic (exact) mass is 533 g/mol. The fraction of sp³-hybridized carbons (Fsp3) is 0.115. The first kappa shape index (κ1) is 22.3. The number of aromatic carboxylic acids is 1. The standard InChI is InChI=1S/C26H20BrN3O3S/c1-15-14-18(9-10-19(15)27)30-24(23(29-26(30)34)20-4-2-3-13-28-20)22-12-11-21(33-22)16-5-7-17(8-6-16)25(31)32/h2-14,23-24H,1H3,(H,29,34)(H,31,32). The molecule has 1 aliphatic rings. The number of aryl methyl sites for hydroxylation is 1. The second-order valence-corrected chi connectivity index (χ2v) is 9.26. The highest BCUT2D eigenvalue weighted by Crippen LogP contribution is 2.43. The van der Waals surface area contributed by atoms with Gasteiger partial charge in [-0.15, -0.1) is 0 Å². The minimum atomic E-state index is -0.962. The number of carbonyl (C=O) groups is 1. The summed E-state index contributed by atoms with van der Waals surface area (Å²) in [5.41, 5.74) is 3.93. The SMILES string of the molecule is Cc1cc(N2C(=S)NC(c3ccccn3)C2c2ccc(-c3ccc(C(=O)O)cc3)o2)ccc1Br. The number of carboxylic acids is 1. The summed E-state index contributed by atoms with van der Waals surface area (Å²) in [6.07, 6.45) is 1.77. The number of aromatic nitrogens is 1. The second-order valence-electron chi connectivity index (χ2n) is 8.01. The predicted molar refractivity (Wildman–Crippen MR) is 138 cm³/mol. The zero-order chi connectivity index (χ0) is 23.8. The first-order valence-electron chi connectivity index (χ1n) is 10.6. The molecule has 8 heteroatoms. The Bertz CT molecular complexity index is 1370. The lowest BCUT2D eigenvalue weighted by Gasteiger charge is -2.26. The van der Waals surface area contributed by atoms with E-state index in [1.807, 2.05) is 49.4 Å². The molecule has 5 rings (SSSR count). The molecule has 2 unspecified atom stereocenters. The number of nitrogens with zero attached hydrogens (tertiary/aromatic N) is 2. The van der Waals surface area contributed by atoms with Crippen LogP contribution in [0.4, 0.5) is 5.69 Å². The van der Waals surface area contributed by atoms with Crippen LogP contribution in [-0.4, -0.2) is 21.2 Å². The van der Waals surface area contributed by atoms with Gasteiger partial charge in [0.1, 0.15) is 17.6 Å². The normalized spacial score (nSPS) is 17.6. The molecular weight excluding hydrogens is 514 g/mol. The van der Waals surface area contributed by atoms with Crippen molar-refractivity contribution >= 4 is 44.9 Å². The van der Waals surface area contributed by atoms with Crippen molar-refractivity contribution in [2.24, 2.45) is 0 Å². The number of rotatable bonds is 5. The van der Waals surface area contributed by atoms with Crippen LogP contribution in [-0.2, 0) is 0 Å². The number of furan rings is 1. The third-order valence-corrected chi connectivity index (χ3v) is 7.06. The molecule has 0 amide bonds. The molecule has 34 heavy (non-hydrogen) atoms. The average molecular weight is 534 g/mol. The molecule has 1 saturated heterocycles. The Labute approximate surface area is 210 Å². The number of thiocarbonyl (C=S) groups is 1. The summed E-state index contributed by atoms with van der Waals surface area (Å²) in [5, 5.41) is 13.2. The van der Waals surface area contributed by atoms with Crippen LogP contribution in [0.5, 0.6) is 0 Å². The number of hydrogen-bond donors (Lipinski definition) is 2. The minimum absolute atomic E-state index is 0.217. The van der Waals surface area contributed by atoms with Gasteiger partial charge in [-0.05, 0) is 79.3 Å². The van der Waals surface area contributed by atoms with Crippen molar-refractivity contribution in [1.82, 2.24) is 10.3 Å². The lowest BCUT2D eigenvalue weighted by atomic mass is 10.0. The Morgan fingerprint density at radius 3 is 2.59 bits per heavy atom. The molecule has 2 aromatic heterocycles. The first-order valence-corrected chi connectivity index (χ1v) is 11.8. The van der Waals surface area contributed by atoms with Crippen molar-refractivity contribution in [2.75, 3.05) is 4.90 Å². The number of carboxylic acid groups (broad SMARTS) is 1. The molecule has 0 radical (unpaired) electrons. The van der Waals surface area contributed by atoms with Crippen molar-refractivity contribution in [2.45, 2.75) is 19.0 Å². The molecule has 2 N–H and O–H groups in total. The zero-order valence-electron chi connectivity index (χ0n) is 18.1. The smallest absolute Gasteiger partial charge is 0.335 e. The van der Waals surface area contributed by atoms with E-state index in [1.165, 1.54) is 0 Å². The molecular formula is C26H20BrN3O3S. The Kier molecular flexibility index (Phi) is 5.93. The van der Waals surface area contributed by atoms with Crippen LogP contribution in [0.1, 0.15) is 39.5 Å². The average Bonchev–Trinajstić information content (AvgIpc) is 3.46. The second kappa shape index (κ2) is 9.04. The van der Waals surface area contributed by atoms with Crippen LogP contribution in [0, 0.1) is 6.92 Å². The van der Waals surface area contributed by atoms with Crippen molar-refractivity contribution in [3.05, 3.63) is 106 Å². The van der Waals surface area contributed by atoms with Crippen molar-refractivity contribution in [3.8, 4) is 11.3 Å². The third-order valence-electron chi connectivity index (χ3n) is 5.85. The molecule has 4 aromatic rings. The van der Waals surface area contributed by atoms with E-state index >= 15 is 0 Å². The van der Waals surface area contributed by atoms with Crippen LogP contribution < -0.4 is 10.2 Å². The predicted octanol–water partition coefficient (Wildman–Crippen LogP) is 6.29. The molecule has 0 saturated carbocycles. The molecule has 0 bridgehead atoms. The highest BCUT2D eigenvalue weighted by Gasteiger charge is 2.42. The zero-order valence-corrected chi connectivity index (χ0v) is 20.5. The van der Waals surface area contributed by atoms with Gasteiger partial charge in [-0.25, -0.2) is 4.79 Å². The third kappa shape index (κ3) is 4.10. The van der Waals surface area contributed by atoms with Crippen LogP contribution in [0.2, 0.25) is 0 Å². The van der Waals surface area contributed by atoms with Gasteiger partial charge in [0.2, 0.25) is 0 Å². The maximum atomic E-state index is 11.2. The van der Waals surface area contributed by atoms with E-state index in [1.54, 1.807) is 30.5 Å². The van der Waals surface area contributed by atoms with E-state index in [4.69, 9.17) is 16.6 Å². The topological polar surface area (TPSA) is 78.6 Å². The molecule has 170 valence electrons. The van der Waals surface area contributed by atoms with Gasteiger partial charge in [0, 0.05) is 21.9 Å². The Morgan fingerprint density at radius 1 is 1.12 bits per heavy atom. The number of benzene rings is 2. The van der Waals surface area contributed by atoms with E-state index in [-0.39, 0.29) is 17.6 Å². The van der Waals surface area contributed by atoms with Crippen LogP contribution in [0.15, 0.2) is 87.9 Å². The molecule has 6 nitrogen and oxygen atoms in total. The summed E-state index contributed by atoms with van der Waals surface area (Å²) < 4.78 is 7.36. The van der Waals surface area contributed by atoms with Gasteiger partial charge in [-0.2, -0.15) is 0 Å². The van der Waals surface area contributed by atoms with Crippen molar-refractivity contribution in [3.63, 3.8) is 0 Å². The molecule has 2 aromatic carbocycles. The van der Waals surface area contributed by atoms with E-state index < -0.39 is 5.97 Å². The van der Waals surface area contributed by atoms with Crippen molar-refractivity contribution < 1.29 is 14.3 Å². The van der Waals surface area contributed by atoms with Crippen molar-refractivity contribution in [1.29, 1.82) is 0 Å². The number of anilines is 1. The van der Waals surface area contributed by atoms with Gasteiger partial charge in [0.15, 0.2) is 5.11 Å². The number of pyridine rings is 1. The van der Waals surface area contributed by atoms with E-state index in [0.29, 0.717) is 10.9 Å². The summed E-state index contributed by atoms with van der Waals surface area (Å²) in [5.74, 6) is 0.410. The molecule has 0 aliphatic carbocycles. The summed E-state index contributed by atoms with van der Waals surface area (Å²) in [6.45, 7) is 2.04. The lowest BCUT2D eigenvalue weighted by molar-refractivity contribution is 0.0697. The highest BCUT2D eigenvalue weighted by molar-refractivity contribution is 9.10. The van der Waals surface area contributed by atoms with Gasteiger partial charge < -0.3 is 19.7 Å². The van der Waals surface area contributed by atoms with Gasteiger partial charge in [-0.3, -0.25) is 4.98 Å². The number of nitrogens with one attached hydrogen (secondary N) is 1. The quantitative estimate of drug-likeness (QED) is 0.292. The minimum Gasteiger partial charge on any atom is -0.478 e. The van der Waals surface area contributed by atoms with Gasteiger partial charge in [-0.1, -0.05) is 34.1 Å². The fourth-order valence-corrected chi connectivity index (χ4v) is 4.74. The summed E-state index contributed by atoms with van der Waals surface area (Å²) in [4.78, 5) is 17.8. The summed E-state index contributed by atoms with van der Waals surface area (Å²) >= 11 is 9.34. The Balaban J connectivity index is 1.57. The molecule has 1 aliphatic heterocycles. The Morgan fingerprint density at radius 2 is 1.91 bits per heavy atom. The summed E-state index contributed by atoms with van der Waals surface area (Å²) in [7, 11) is 0. The van der Waals surface area contributed by atoms with Gasteiger partial charge >= 0.3 is 5.97 Å². The maximum absolute atomic E-state index is 11.2. The van der Waals surface area contributed by atoms with Crippen LogP contribution in [0.3, 0.4) is 0 Å². The number of hydrogen-bond acceptors (Lipinski definition) is 4. The largest absolute Gasteiger partial charge is 0.478 e. The van der Waals surface area contributed by atoms with Gasteiger partial charge in [0.05, 0.1) is 17.3 Å². The highest BCUT2D eigenvalue weighted by atomic mass is 79.9. The van der Waals surface area contributed by atoms with Crippen LogP contribution in [0.25, 0.3) is 11.3 Å². The molecule has 0 spiro atoms. The van der Waals surface area contributed by atoms with E-state index in [0.717, 1.165) is 32.7 Å². The fourth-order valence-electron chi connectivity index (χ4n) is 4.14. The molecule has 1 fully saturated rings. The molecule has 3 heterocycles. The summed E-state index contributed by atoms with van der Waals surface area (Å²) in [6, 6.07) is 21.9. The first-order chi connectivity index (χ1) is 16.4. The lowest BCUT2D eigenvalue weighted by Crippen LogP contribution is -2.29. The van der Waals surface area contributed by atoms with Gasteiger partial charge in [0.25, 0.3) is 0 Å². The Hall–Kier alpha value is -3.49. The number of halogens is 1. The van der Waals surface area contributed by atoms with Crippen LogP contribution >= 0.6 is 28.1 Å². The van der Waals surface area contributed by atoms with E-state index in [2.05, 4.69) is 37.2 Å². The maximum Gasteiger partial charge on any atom is 0.335 e. The molecule has 2 atom stereocenters.